The molecule has 0 aromatic heterocycles. The Kier molecular flexibility index (Phi) is 21.4. The van der Waals surface area contributed by atoms with Crippen LogP contribution in [0.1, 0.15) is 98.8 Å². The summed E-state index contributed by atoms with van der Waals surface area (Å²) in [5, 5.41) is 3.25. The van der Waals surface area contributed by atoms with Gasteiger partial charge in [-0.25, -0.2) is 5.48 Å². The van der Waals surface area contributed by atoms with Crippen LogP contribution in [-0.2, 0) is 4.84 Å². The van der Waals surface area contributed by atoms with Crippen LogP contribution in [-0.4, -0.2) is 26.7 Å². The highest BCUT2D eigenvalue weighted by Gasteiger charge is 2.31. The molecule has 1 aliphatic carbocycles. The molecular formula is C22H48N2O. The van der Waals surface area contributed by atoms with Crippen molar-refractivity contribution in [3.63, 3.8) is 0 Å². The van der Waals surface area contributed by atoms with Crippen LogP contribution in [0.25, 0.3) is 0 Å². The van der Waals surface area contributed by atoms with Gasteiger partial charge in [0.15, 0.2) is 0 Å². The fourth-order valence-electron chi connectivity index (χ4n) is 2.84. The van der Waals surface area contributed by atoms with Gasteiger partial charge in [0.2, 0.25) is 0 Å². The van der Waals surface area contributed by atoms with Crippen molar-refractivity contribution in [2.45, 2.75) is 98.8 Å². The van der Waals surface area contributed by atoms with E-state index >= 15 is 0 Å². The first-order valence-corrected chi connectivity index (χ1v) is 10.6. The first kappa shape index (κ1) is 26.8. The van der Waals surface area contributed by atoms with E-state index in [1.54, 1.807) is 0 Å². The lowest BCUT2D eigenvalue weighted by Crippen LogP contribution is -2.37. The van der Waals surface area contributed by atoms with E-state index in [4.69, 9.17) is 4.84 Å². The summed E-state index contributed by atoms with van der Waals surface area (Å²) in [4.78, 5) is 5.45. The maximum Gasteiger partial charge on any atom is 0.0679 e. The Morgan fingerprint density at radius 2 is 1.64 bits per heavy atom. The van der Waals surface area contributed by atoms with Gasteiger partial charge >= 0.3 is 0 Å². The van der Waals surface area contributed by atoms with E-state index in [1.165, 1.54) is 56.9 Å². The lowest BCUT2D eigenvalue weighted by Gasteiger charge is -2.37. The third-order valence-corrected chi connectivity index (χ3v) is 4.51. The van der Waals surface area contributed by atoms with Crippen molar-refractivity contribution < 1.29 is 4.84 Å². The third kappa shape index (κ3) is 18.2. The normalized spacial score (nSPS) is 15.4. The largest absolute Gasteiger partial charge is 0.320 e. The molecule has 1 rings (SSSR count). The zero-order chi connectivity index (χ0) is 19.4. The van der Waals surface area contributed by atoms with E-state index in [0.717, 1.165) is 32.5 Å². The zero-order valence-corrected chi connectivity index (χ0v) is 18.3. The van der Waals surface area contributed by atoms with Gasteiger partial charge in [0.05, 0.1) is 6.61 Å². The molecule has 3 nitrogen and oxygen atoms in total. The van der Waals surface area contributed by atoms with Gasteiger partial charge < -0.3 is 10.2 Å². The molecule has 0 atom stereocenters. The minimum Gasteiger partial charge on any atom is -0.320 e. The highest BCUT2D eigenvalue weighted by Crippen LogP contribution is 2.39. The Morgan fingerprint density at radius 1 is 1.08 bits per heavy atom. The topological polar surface area (TPSA) is 33.3 Å². The predicted octanol–water partition coefficient (Wildman–Crippen LogP) is 6.26. The maximum absolute atomic E-state index is 5.45. The van der Waals surface area contributed by atoms with Crippen LogP contribution in [0.15, 0.2) is 12.2 Å². The number of hydrogen-bond acceptors (Lipinski definition) is 3. The van der Waals surface area contributed by atoms with E-state index in [1.807, 2.05) is 14.0 Å². The molecule has 1 fully saturated rings. The molecule has 0 heterocycles. The lowest BCUT2D eigenvalue weighted by atomic mass is 9.71. The molecule has 0 radical (unpaired) electrons. The molecular weight excluding hydrogens is 308 g/mol. The van der Waals surface area contributed by atoms with Gasteiger partial charge in [0.25, 0.3) is 0 Å². The number of rotatable bonds is 10. The van der Waals surface area contributed by atoms with Crippen molar-refractivity contribution in [1.82, 2.24) is 10.8 Å². The number of nitrogens with one attached hydrogen (secondary N) is 2. The average molecular weight is 357 g/mol. The first-order valence-electron chi connectivity index (χ1n) is 10.6. The summed E-state index contributed by atoms with van der Waals surface area (Å²) < 4.78 is 0. The van der Waals surface area contributed by atoms with E-state index in [9.17, 15) is 0 Å². The smallest absolute Gasteiger partial charge is 0.0679 e. The van der Waals surface area contributed by atoms with Crippen molar-refractivity contribution in [3.05, 3.63) is 12.2 Å². The molecule has 152 valence electrons. The molecule has 0 spiro atoms. The van der Waals surface area contributed by atoms with Crippen molar-refractivity contribution in [3.8, 4) is 0 Å². The molecule has 0 amide bonds. The fraction of sp³-hybridized carbons (Fsp3) is 0.909. The van der Waals surface area contributed by atoms with Gasteiger partial charge in [-0.2, -0.15) is 0 Å². The van der Waals surface area contributed by atoms with Gasteiger partial charge in [-0.15, -0.1) is 6.58 Å². The Balaban J connectivity index is 0. The second-order valence-corrected chi connectivity index (χ2v) is 7.46. The SMILES string of the molecule is C=C(C)CC.CCC.CCCONCC1(CCCNC)CCCCC1. The summed E-state index contributed by atoms with van der Waals surface area (Å²) in [6, 6.07) is 0. The molecule has 0 unspecified atom stereocenters. The summed E-state index contributed by atoms with van der Waals surface area (Å²) in [6.07, 6.45) is 13.0. The van der Waals surface area contributed by atoms with Crippen LogP contribution in [0.4, 0.5) is 0 Å². The minimum atomic E-state index is 0.503. The van der Waals surface area contributed by atoms with Crippen LogP contribution in [0, 0.1) is 5.41 Å². The van der Waals surface area contributed by atoms with E-state index < -0.39 is 0 Å². The number of hydroxylamine groups is 1. The molecule has 0 aliphatic heterocycles. The van der Waals surface area contributed by atoms with E-state index in [2.05, 4.69) is 45.1 Å². The van der Waals surface area contributed by atoms with Gasteiger partial charge in [-0.3, -0.25) is 0 Å². The summed E-state index contributed by atoms with van der Waals surface area (Å²) in [5.74, 6) is 0. The molecule has 0 aromatic rings. The molecule has 0 bridgehead atoms. The van der Waals surface area contributed by atoms with Gasteiger partial charge in [-0.1, -0.05) is 59.0 Å². The van der Waals surface area contributed by atoms with Gasteiger partial charge in [0.1, 0.15) is 0 Å². The second kappa shape index (κ2) is 19.9. The van der Waals surface area contributed by atoms with Crippen LogP contribution >= 0.6 is 0 Å². The quantitative estimate of drug-likeness (QED) is 0.275. The Bertz CT molecular complexity index is 273. The van der Waals surface area contributed by atoms with Crippen LogP contribution in [0.5, 0.6) is 0 Å². The minimum absolute atomic E-state index is 0.503. The van der Waals surface area contributed by atoms with Crippen LogP contribution in [0.3, 0.4) is 0 Å². The zero-order valence-electron chi connectivity index (χ0n) is 18.3. The molecule has 3 heteroatoms. The average Bonchev–Trinajstić information content (AvgIpc) is 2.61. The standard InChI is InChI=1S/C14H30N2O.C5H10.C3H8/c1-3-12-17-16-13-14(10-7-11-15-2)8-5-4-6-9-14;1-4-5(2)3;1-3-2/h15-16H,3-13H2,1-2H3;2,4H2,1,3H3;3H2,1-2H3. The van der Waals surface area contributed by atoms with Gasteiger partial charge in [-0.05, 0) is 64.5 Å². The monoisotopic (exact) mass is 356 g/mol. The Morgan fingerprint density at radius 3 is 2.08 bits per heavy atom. The summed E-state index contributed by atoms with van der Waals surface area (Å²) in [6.45, 7) is 17.2. The molecule has 25 heavy (non-hydrogen) atoms. The van der Waals surface area contributed by atoms with E-state index in [-0.39, 0.29) is 0 Å². The highest BCUT2D eigenvalue weighted by molar-refractivity contribution is 4.85. The number of allylic oxidation sites excluding steroid dienone is 1. The fourth-order valence-corrected chi connectivity index (χ4v) is 2.84. The Labute approximate surface area is 159 Å². The summed E-state index contributed by atoms with van der Waals surface area (Å²) in [5.41, 5.74) is 4.96. The second-order valence-electron chi connectivity index (χ2n) is 7.46. The van der Waals surface area contributed by atoms with E-state index in [0.29, 0.717) is 5.41 Å². The molecule has 1 aliphatic rings. The molecule has 0 saturated heterocycles. The van der Waals surface area contributed by atoms with Crippen molar-refractivity contribution in [2.24, 2.45) is 5.41 Å². The summed E-state index contributed by atoms with van der Waals surface area (Å²) in [7, 11) is 2.04. The third-order valence-electron chi connectivity index (χ3n) is 4.51. The molecule has 1 saturated carbocycles. The van der Waals surface area contributed by atoms with Crippen molar-refractivity contribution >= 4 is 0 Å². The summed E-state index contributed by atoms with van der Waals surface area (Å²) >= 11 is 0. The van der Waals surface area contributed by atoms with Crippen LogP contribution in [0.2, 0.25) is 0 Å². The molecule has 0 aromatic carbocycles. The molecule has 2 N–H and O–H groups in total. The lowest BCUT2D eigenvalue weighted by molar-refractivity contribution is 0.00325. The van der Waals surface area contributed by atoms with Gasteiger partial charge in [0, 0.05) is 6.54 Å². The van der Waals surface area contributed by atoms with Crippen molar-refractivity contribution in [2.75, 3.05) is 26.7 Å². The Hall–Kier alpha value is -0.380. The van der Waals surface area contributed by atoms with Crippen molar-refractivity contribution in [1.29, 1.82) is 0 Å². The van der Waals surface area contributed by atoms with Crippen LogP contribution < -0.4 is 10.8 Å². The number of hydrogen-bond donors (Lipinski definition) is 2. The predicted molar refractivity (Wildman–Crippen MR) is 114 cm³/mol. The first-order chi connectivity index (χ1) is 12.0. The highest BCUT2D eigenvalue weighted by atomic mass is 16.6. The maximum atomic E-state index is 5.45.